The number of hydrogen-bond donors (Lipinski definition) is 0. The summed E-state index contributed by atoms with van der Waals surface area (Å²) in [7, 11) is 0. The van der Waals surface area contributed by atoms with Gasteiger partial charge >= 0.3 is 0 Å². The van der Waals surface area contributed by atoms with Crippen LogP contribution in [-0.4, -0.2) is 33.7 Å². The number of nitrogens with zero attached hydrogens (tertiary/aromatic N) is 4. The third-order valence-electron chi connectivity index (χ3n) is 3.51. The standard InChI is InChI=1S/C12H14N4O/c13-5-9-6-14-16(7-9)11-3-4-15(8-11)12(17)10-1-2-10/h6-7,10-11H,1-4,8H2. The van der Waals surface area contributed by atoms with Gasteiger partial charge in [0.05, 0.1) is 17.8 Å². The van der Waals surface area contributed by atoms with E-state index in [1.807, 2.05) is 9.58 Å². The topological polar surface area (TPSA) is 61.9 Å². The largest absolute Gasteiger partial charge is 0.340 e. The van der Waals surface area contributed by atoms with Gasteiger partial charge in [-0.05, 0) is 19.3 Å². The summed E-state index contributed by atoms with van der Waals surface area (Å²) in [6.45, 7) is 1.56. The summed E-state index contributed by atoms with van der Waals surface area (Å²) in [5.41, 5.74) is 0.581. The molecule has 1 atom stereocenters. The van der Waals surface area contributed by atoms with Crippen LogP contribution in [0.15, 0.2) is 12.4 Å². The fourth-order valence-electron chi connectivity index (χ4n) is 2.34. The molecule has 2 aliphatic rings. The van der Waals surface area contributed by atoms with Crippen LogP contribution in [0.3, 0.4) is 0 Å². The summed E-state index contributed by atoms with van der Waals surface area (Å²) in [4.78, 5) is 13.8. The molecule has 1 unspecified atom stereocenters. The Bertz CT molecular complexity index is 483. The van der Waals surface area contributed by atoms with Crippen LogP contribution < -0.4 is 0 Å². The van der Waals surface area contributed by atoms with E-state index in [-0.39, 0.29) is 6.04 Å². The Labute approximate surface area is 99.6 Å². The Kier molecular flexibility index (Phi) is 2.36. The van der Waals surface area contributed by atoms with E-state index in [0.29, 0.717) is 17.4 Å². The van der Waals surface area contributed by atoms with Crippen molar-refractivity contribution in [3.05, 3.63) is 18.0 Å². The minimum atomic E-state index is 0.236. The van der Waals surface area contributed by atoms with Crippen molar-refractivity contribution >= 4 is 5.91 Å². The molecule has 0 radical (unpaired) electrons. The van der Waals surface area contributed by atoms with Crippen molar-refractivity contribution in [3.8, 4) is 6.07 Å². The Morgan fingerprint density at radius 2 is 2.29 bits per heavy atom. The normalized spacial score (nSPS) is 23.7. The summed E-state index contributed by atoms with van der Waals surface area (Å²) < 4.78 is 1.82. The van der Waals surface area contributed by atoms with Crippen molar-refractivity contribution in [2.75, 3.05) is 13.1 Å². The molecule has 0 N–H and O–H groups in total. The van der Waals surface area contributed by atoms with Crippen LogP contribution in [0, 0.1) is 17.2 Å². The van der Waals surface area contributed by atoms with Gasteiger partial charge in [-0.2, -0.15) is 10.4 Å². The Balaban J connectivity index is 1.67. The fourth-order valence-corrected chi connectivity index (χ4v) is 2.34. The monoisotopic (exact) mass is 230 g/mol. The van der Waals surface area contributed by atoms with E-state index < -0.39 is 0 Å². The molecule has 1 saturated heterocycles. The molecule has 1 aromatic rings. The van der Waals surface area contributed by atoms with E-state index in [1.54, 1.807) is 12.4 Å². The first-order chi connectivity index (χ1) is 8.28. The van der Waals surface area contributed by atoms with Gasteiger partial charge in [-0.15, -0.1) is 0 Å². The third-order valence-corrected chi connectivity index (χ3v) is 3.51. The second-order valence-corrected chi connectivity index (χ2v) is 4.82. The molecule has 1 saturated carbocycles. The molecule has 5 heteroatoms. The summed E-state index contributed by atoms with van der Waals surface area (Å²) in [5.74, 6) is 0.598. The van der Waals surface area contributed by atoms with Gasteiger partial charge in [-0.3, -0.25) is 9.48 Å². The highest BCUT2D eigenvalue weighted by Crippen LogP contribution is 2.33. The minimum absolute atomic E-state index is 0.236. The van der Waals surface area contributed by atoms with Gasteiger partial charge in [0, 0.05) is 25.2 Å². The first kappa shape index (κ1) is 10.3. The zero-order valence-corrected chi connectivity index (χ0v) is 9.54. The highest BCUT2D eigenvalue weighted by molar-refractivity contribution is 5.81. The zero-order chi connectivity index (χ0) is 11.8. The van der Waals surface area contributed by atoms with E-state index in [9.17, 15) is 4.79 Å². The van der Waals surface area contributed by atoms with Gasteiger partial charge < -0.3 is 4.90 Å². The average molecular weight is 230 g/mol. The first-order valence-corrected chi connectivity index (χ1v) is 6.01. The lowest BCUT2D eigenvalue weighted by Crippen LogP contribution is -2.30. The van der Waals surface area contributed by atoms with Gasteiger partial charge in [0.2, 0.25) is 5.91 Å². The number of likely N-dealkylation sites (tertiary alicyclic amines) is 1. The van der Waals surface area contributed by atoms with Gasteiger partial charge in [0.15, 0.2) is 0 Å². The molecular formula is C12H14N4O. The van der Waals surface area contributed by atoms with Crippen molar-refractivity contribution in [2.24, 2.45) is 5.92 Å². The van der Waals surface area contributed by atoms with Gasteiger partial charge in [-0.1, -0.05) is 0 Å². The lowest BCUT2D eigenvalue weighted by atomic mass is 10.3. The summed E-state index contributed by atoms with van der Waals surface area (Å²) >= 11 is 0. The summed E-state index contributed by atoms with van der Waals surface area (Å²) in [5, 5.41) is 12.9. The van der Waals surface area contributed by atoms with Crippen molar-refractivity contribution in [1.82, 2.24) is 14.7 Å². The van der Waals surface area contributed by atoms with E-state index in [1.165, 1.54) is 0 Å². The van der Waals surface area contributed by atoms with Crippen LogP contribution in [-0.2, 0) is 4.79 Å². The fraction of sp³-hybridized carbons (Fsp3) is 0.583. The number of aromatic nitrogens is 2. The molecule has 5 nitrogen and oxygen atoms in total. The molecule has 2 fully saturated rings. The van der Waals surface area contributed by atoms with Crippen molar-refractivity contribution in [1.29, 1.82) is 5.26 Å². The molecule has 0 aromatic carbocycles. The van der Waals surface area contributed by atoms with Crippen LogP contribution in [0.1, 0.15) is 30.9 Å². The van der Waals surface area contributed by atoms with Gasteiger partial charge in [-0.25, -0.2) is 0 Å². The lowest BCUT2D eigenvalue weighted by Gasteiger charge is -2.16. The van der Waals surface area contributed by atoms with Crippen LogP contribution in [0.2, 0.25) is 0 Å². The number of hydrogen-bond acceptors (Lipinski definition) is 3. The van der Waals surface area contributed by atoms with Gasteiger partial charge in [0.1, 0.15) is 6.07 Å². The number of nitriles is 1. The number of amides is 1. The van der Waals surface area contributed by atoms with Crippen LogP contribution in [0.25, 0.3) is 0 Å². The quantitative estimate of drug-likeness (QED) is 0.759. The highest BCUT2D eigenvalue weighted by atomic mass is 16.2. The molecule has 1 aliphatic carbocycles. The number of rotatable bonds is 2. The summed E-state index contributed by atoms with van der Waals surface area (Å²) in [6, 6.07) is 2.31. The van der Waals surface area contributed by atoms with Crippen molar-refractivity contribution in [3.63, 3.8) is 0 Å². The molecule has 1 aromatic heterocycles. The van der Waals surface area contributed by atoms with Crippen molar-refractivity contribution in [2.45, 2.75) is 25.3 Å². The van der Waals surface area contributed by atoms with Crippen LogP contribution in [0.5, 0.6) is 0 Å². The predicted octanol–water partition coefficient (Wildman–Crippen LogP) is 0.938. The molecule has 1 amide bonds. The van der Waals surface area contributed by atoms with E-state index >= 15 is 0 Å². The maximum atomic E-state index is 11.9. The number of carbonyl (C=O) groups is 1. The second kappa shape index (κ2) is 3.88. The van der Waals surface area contributed by atoms with Gasteiger partial charge in [0.25, 0.3) is 0 Å². The Morgan fingerprint density at radius 3 is 2.94 bits per heavy atom. The predicted molar refractivity (Wildman–Crippen MR) is 59.9 cm³/mol. The maximum Gasteiger partial charge on any atom is 0.225 e. The molecule has 3 rings (SSSR count). The number of carbonyl (C=O) groups excluding carboxylic acids is 1. The first-order valence-electron chi connectivity index (χ1n) is 6.01. The average Bonchev–Trinajstić information content (AvgIpc) is 2.91. The van der Waals surface area contributed by atoms with Crippen LogP contribution >= 0.6 is 0 Å². The Morgan fingerprint density at radius 1 is 1.47 bits per heavy atom. The lowest BCUT2D eigenvalue weighted by molar-refractivity contribution is -0.131. The molecule has 2 heterocycles. The SMILES string of the molecule is N#Cc1cnn(C2CCN(C(=O)C3CC3)C2)c1. The van der Waals surface area contributed by atoms with E-state index in [0.717, 1.165) is 32.4 Å². The zero-order valence-electron chi connectivity index (χ0n) is 9.54. The molecule has 0 spiro atoms. The van der Waals surface area contributed by atoms with Crippen LogP contribution in [0.4, 0.5) is 0 Å². The van der Waals surface area contributed by atoms with E-state index in [4.69, 9.17) is 5.26 Å². The summed E-state index contributed by atoms with van der Waals surface area (Å²) in [6.07, 6.45) is 6.38. The third kappa shape index (κ3) is 1.91. The molecule has 1 aliphatic heterocycles. The molecule has 17 heavy (non-hydrogen) atoms. The van der Waals surface area contributed by atoms with Crippen molar-refractivity contribution < 1.29 is 4.79 Å². The highest BCUT2D eigenvalue weighted by Gasteiger charge is 2.37. The molecular weight excluding hydrogens is 216 g/mol. The maximum absolute atomic E-state index is 11.9. The second-order valence-electron chi connectivity index (χ2n) is 4.82. The molecule has 88 valence electrons. The minimum Gasteiger partial charge on any atom is -0.340 e. The Hall–Kier alpha value is -1.83. The molecule has 0 bridgehead atoms. The smallest absolute Gasteiger partial charge is 0.225 e. The van der Waals surface area contributed by atoms with E-state index in [2.05, 4.69) is 11.2 Å².